The summed E-state index contributed by atoms with van der Waals surface area (Å²) in [5, 5.41) is 0.725. The summed E-state index contributed by atoms with van der Waals surface area (Å²) >= 11 is 0. The Kier molecular flexibility index (Phi) is 3.03. The van der Waals surface area contributed by atoms with Gasteiger partial charge in [-0.2, -0.15) is 0 Å². The highest BCUT2D eigenvalue weighted by Gasteiger charge is 2.12. The molecule has 0 amide bonds. The van der Waals surface area contributed by atoms with Gasteiger partial charge in [0.1, 0.15) is 0 Å². The summed E-state index contributed by atoms with van der Waals surface area (Å²) < 4.78 is 0. The van der Waals surface area contributed by atoms with Crippen LogP contribution in [0, 0.1) is 6.92 Å². The maximum absolute atomic E-state index is 9.12. The molecule has 0 atom stereocenters. The fourth-order valence-corrected chi connectivity index (χ4v) is 2.11. The quantitative estimate of drug-likeness (QED) is 0.642. The first-order valence-electron chi connectivity index (χ1n) is 4.00. The van der Waals surface area contributed by atoms with Gasteiger partial charge in [0, 0.05) is 0 Å². The van der Waals surface area contributed by atoms with E-state index in [4.69, 9.17) is 9.59 Å². The van der Waals surface area contributed by atoms with Gasteiger partial charge in [0.2, 0.25) is 0 Å². The molecule has 65 valence electrons. The molecule has 2 nitrogen and oxygen atoms in total. The van der Waals surface area contributed by atoms with E-state index in [1.807, 2.05) is 32.0 Å². The highest BCUT2D eigenvalue weighted by atomic mass is 28.3. The van der Waals surface area contributed by atoms with Crippen LogP contribution >= 0.6 is 0 Å². The Balaban J connectivity index is 3.12. The molecule has 0 fully saturated rings. The summed E-state index contributed by atoms with van der Waals surface area (Å²) in [4.78, 5) is 18.2. The summed E-state index contributed by atoms with van der Waals surface area (Å²) in [7, 11) is -2.28. The van der Waals surface area contributed by atoms with Crippen molar-refractivity contribution in [2.24, 2.45) is 0 Å². The normalized spacial score (nSPS) is 10.8. The predicted molar refractivity (Wildman–Crippen MR) is 50.4 cm³/mol. The van der Waals surface area contributed by atoms with Crippen LogP contribution in [0.1, 0.15) is 18.1 Å². The highest BCUT2D eigenvalue weighted by Crippen LogP contribution is 2.01. The van der Waals surface area contributed by atoms with Crippen molar-refractivity contribution in [1.82, 2.24) is 0 Å². The van der Waals surface area contributed by atoms with E-state index in [1.54, 1.807) is 0 Å². The zero-order valence-corrected chi connectivity index (χ0v) is 8.33. The lowest BCUT2D eigenvalue weighted by atomic mass is 10.1. The van der Waals surface area contributed by atoms with Gasteiger partial charge >= 0.3 is 9.28 Å². The zero-order chi connectivity index (χ0) is 9.14. The summed E-state index contributed by atoms with van der Waals surface area (Å²) in [5.74, 6) is 0. The van der Waals surface area contributed by atoms with Crippen LogP contribution in [0.5, 0.6) is 0 Å². The fraction of sp³-hybridized carbons (Fsp3) is 0.333. The van der Waals surface area contributed by atoms with Gasteiger partial charge in [-0.15, -0.1) is 0 Å². The SMILES string of the molecule is CCc1ccc(C)cc1[Si](O)O. The Morgan fingerprint density at radius 3 is 2.50 bits per heavy atom. The Labute approximate surface area is 74.3 Å². The Bertz CT molecular complexity index is 271. The molecule has 0 saturated carbocycles. The largest absolute Gasteiger partial charge is 0.418 e. The second kappa shape index (κ2) is 3.84. The molecule has 0 spiro atoms. The number of hydrogen-bond acceptors (Lipinski definition) is 2. The van der Waals surface area contributed by atoms with Crippen molar-refractivity contribution < 1.29 is 9.59 Å². The van der Waals surface area contributed by atoms with Crippen molar-refractivity contribution in [2.75, 3.05) is 0 Å². The molecule has 1 aromatic rings. The van der Waals surface area contributed by atoms with Gasteiger partial charge in [-0.1, -0.05) is 30.7 Å². The molecule has 1 aromatic carbocycles. The first-order chi connectivity index (χ1) is 5.65. The average molecular weight is 181 g/mol. The minimum Gasteiger partial charge on any atom is -0.406 e. The molecule has 1 radical (unpaired) electrons. The molecule has 0 aliphatic rings. The van der Waals surface area contributed by atoms with Crippen molar-refractivity contribution in [3.05, 3.63) is 29.3 Å². The molecule has 0 bridgehead atoms. The molecule has 1 rings (SSSR count). The van der Waals surface area contributed by atoms with Gasteiger partial charge in [-0.3, -0.25) is 0 Å². The van der Waals surface area contributed by atoms with Gasteiger partial charge < -0.3 is 9.59 Å². The summed E-state index contributed by atoms with van der Waals surface area (Å²) in [6, 6.07) is 5.81. The molecular weight excluding hydrogens is 168 g/mol. The van der Waals surface area contributed by atoms with Crippen LogP contribution in [0.3, 0.4) is 0 Å². The Morgan fingerprint density at radius 2 is 2.00 bits per heavy atom. The lowest BCUT2D eigenvalue weighted by Gasteiger charge is -2.07. The third-order valence-corrected chi connectivity index (χ3v) is 2.83. The molecule has 0 saturated heterocycles. The van der Waals surface area contributed by atoms with Gasteiger partial charge in [-0.05, 0) is 24.1 Å². The van der Waals surface area contributed by atoms with Crippen molar-refractivity contribution in [3.8, 4) is 0 Å². The monoisotopic (exact) mass is 181 g/mol. The zero-order valence-electron chi connectivity index (χ0n) is 7.33. The predicted octanol–water partition coefficient (Wildman–Crippen LogP) is 0.237. The number of aryl methyl sites for hydroxylation is 2. The van der Waals surface area contributed by atoms with E-state index in [0.29, 0.717) is 0 Å². The second-order valence-corrected chi connectivity index (χ2v) is 4.02. The first kappa shape index (κ1) is 9.44. The number of rotatable bonds is 2. The third-order valence-electron chi connectivity index (χ3n) is 1.89. The highest BCUT2D eigenvalue weighted by molar-refractivity contribution is 6.59. The molecule has 12 heavy (non-hydrogen) atoms. The molecule has 0 aromatic heterocycles. The molecule has 2 N–H and O–H groups in total. The van der Waals surface area contributed by atoms with Crippen LogP contribution in [0.15, 0.2) is 18.2 Å². The van der Waals surface area contributed by atoms with Crippen LogP contribution in [0.4, 0.5) is 0 Å². The molecular formula is C9H13O2Si. The average Bonchev–Trinajstić information content (AvgIpc) is 2.04. The summed E-state index contributed by atoms with van der Waals surface area (Å²) in [6.07, 6.45) is 0.852. The van der Waals surface area contributed by atoms with E-state index in [9.17, 15) is 0 Å². The van der Waals surface area contributed by atoms with Crippen molar-refractivity contribution >= 4 is 14.5 Å². The Hall–Kier alpha value is -0.643. The third kappa shape index (κ3) is 1.94. The lowest BCUT2D eigenvalue weighted by molar-refractivity contribution is 0.425. The van der Waals surface area contributed by atoms with E-state index in [2.05, 4.69) is 0 Å². The van der Waals surface area contributed by atoms with E-state index >= 15 is 0 Å². The van der Waals surface area contributed by atoms with E-state index < -0.39 is 9.28 Å². The number of benzene rings is 1. The van der Waals surface area contributed by atoms with Crippen LogP contribution < -0.4 is 5.19 Å². The fourth-order valence-electron chi connectivity index (χ4n) is 1.21. The standard InChI is InChI=1S/C9H13O2Si/c1-3-8-5-4-7(2)6-9(8)12(10)11/h4-6,10-11H,3H2,1-2H3. The lowest BCUT2D eigenvalue weighted by Crippen LogP contribution is -2.33. The van der Waals surface area contributed by atoms with Crippen LogP contribution in [0.2, 0.25) is 0 Å². The maximum Gasteiger partial charge on any atom is 0.418 e. The summed E-state index contributed by atoms with van der Waals surface area (Å²) in [5.41, 5.74) is 2.12. The first-order valence-corrected chi connectivity index (χ1v) is 5.39. The van der Waals surface area contributed by atoms with Crippen molar-refractivity contribution in [3.63, 3.8) is 0 Å². The van der Waals surface area contributed by atoms with Crippen LogP contribution in [0.25, 0.3) is 0 Å². The summed E-state index contributed by atoms with van der Waals surface area (Å²) in [6.45, 7) is 3.96. The van der Waals surface area contributed by atoms with Gasteiger partial charge in [0.05, 0.1) is 0 Å². The topological polar surface area (TPSA) is 40.5 Å². The van der Waals surface area contributed by atoms with Crippen LogP contribution in [-0.2, 0) is 6.42 Å². The van der Waals surface area contributed by atoms with E-state index in [1.165, 1.54) is 0 Å². The number of hydrogen-bond donors (Lipinski definition) is 2. The van der Waals surface area contributed by atoms with Gasteiger partial charge in [-0.25, -0.2) is 0 Å². The van der Waals surface area contributed by atoms with Gasteiger partial charge in [0.25, 0.3) is 0 Å². The second-order valence-electron chi connectivity index (χ2n) is 2.84. The molecule has 0 aliphatic carbocycles. The molecule has 0 unspecified atom stereocenters. The Morgan fingerprint density at radius 1 is 1.33 bits per heavy atom. The van der Waals surface area contributed by atoms with E-state index in [0.717, 1.165) is 22.7 Å². The van der Waals surface area contributed by atoms with Crippen LogP contribution in [-0.4, -0.2) is 18.9 Å². The van der Waals surface area contributed by atoms with Crippen molar-refractivity contribution in [2.45, 2.75) is 20.3 Å². The molecule has 0 aliphatic heterocycles. The van der Waals surface area contributed by atoms with E-state index in [-0.39, 0.29) is 0 Å². The minimum atomic E-state index is -2.28. The molecule has 3 heteroatoms. The smallest absolute Gasteiger partial charge is 0.406 e. The van der Waals surface area contributed by atoms with Crippen molar-refractivity contribution in [1.29, 1.82) is 0 Å². The minimum absolute atomic E-state index is 0.725. The maximum atomic E-state index is 9.12. The van der Waals surface area contributed by atoms with Gasteiger partial charge in [0.15, 0.2) is 0 Å². The molecule has 0 heterocycles.